The van der Waals surface area contributed by atoms with Crippen molar-refractivity contribution in [1.82, 2.24) is 10.6 Å². The number of rotatable bonds is 4. The summed E-state index contributed by atoms with van der Waals surface area (Å²) in [7, 11) is 0. The van der Waals surface area contributed by atoms with Crippen molar-refractivity contribution >= 4 is 75.3 Å². The molecule has 2 aromatic rings. The molecule has 0 fully saturated rings. The van der Waals surface area contributed by atoms with Gasteiger partial charge < -0.3 is 16.0 Å². The van der Waals surface area contributed by atoms with Gasteiger partial charge in [0.25, 0.3) is 5.91 Å². The molecule has 3 N–H and O–H groups in total. The fraction of sp³-hybridized carbons (Fsp3) is 0.176. The molecule has 0 aliphatic heterocycles. The minimum absolute atomic E-state index is 0.201. The second kappa shape index (κ2) is 9.11. The second-order valence-electron chi connectivity index (χ2n) is 5.37. The molecule has 0 aromatic heterocycles. The average molecular weight is 451 g/mol. The Labute approximate surface area is 177 Å². The topological polar surface area (TPSA) is 53.2 Å². The Balaban J connectivity index is 2.07. The predicted octanol–water partition coefficient (Wildman–Crippen LogP) is 5.06. The molecular weight excluding hydrogens is 436 g/mol. The van der Waals surface area contributed by atoms with Crippen molar-refractivity contribution in [3.63, 3.8) is 0 Å². The second-order valence-corrected chi connectivity index (χ2v) is 8.58. The molecule has 0 saturated heterocycles. The molecule has 9 heteroatoms. The zero-order chi connectivity index (χ0) is 19.3. The van der Waals surface area contributed by atoms with Crippen LogP contribution < -0.4 is 16.0 Å². The molecule has 0 bridgehead atoms. The number of alkyl halides is 3. The summed E-state index contributed by atoms with van der Waals surface area (Å²) in [5, 5.41) is 9.14. The van der Waals surface area contributed by atoms with Gasteiger partial charge in [0.2, 0.25) is 3.79 Å². The largest absolute Gasteiger partial charge is 0.339 e. The maximum atomic E-state index is 12.4. The van der Waals surface area contributed by atoms with Crippen LogP contribution in [-0.4, -0.2) is 21.0 Å². The van der Waals surface area contributed by atoms with E-state index < -0.39 is 15.9 Å². The zero-order valence-corrected chi connectivity index (χ0v) is 17.4. The van der Waals surface area contributed by atoms with Gasteiger partial charge in [-0.1, -0.05) is 64.6 Å². The molecule has 138 valence electrons. The Kier molecular flexibility index (Phi) is 7.38. The molecule has 0 spiro atoms. The number of carbonyl (C=O) groups is 1. The van der Waals surface area contributed by atoms with Crippen molar-refractivity contribution in [3.05, 3.63) is 64.7 Å². The van der Waals surface area contributed by atoms with E-state index in [0.717, 1.165) is 11.3 Å². The lowest BCUT2D eigenvalue weighted by Crippen LogP contribution is -2.56. The number of thiocarbonyl (C=S) groups is 1. The SMILES string of the molecule is Cc1ccccc1NC(=S)NC(NC(=O)c1ccc(Cl)cc1)C(Cl)(Cl)Cl. The highest BCUT2D eigenvalue weighted by molar-refractivity contribution is 7.80. The number of hydrogen-bond acceptors (Lipinski definition) is 2. The van der Waals surface area contributed by atoms with E-state index in [-0.39, 0.29) is 5.11 Å². The number of anilines is 1. The number of carbonyl (C=O) groups excluding carboxylic acids is 1. The van der Waals surface area contributed by atoms with E-state index in [1.165, 1.54) is 0 Å². The van der Waals surface area contributed by atoms with Crippen molar-refractivity contribution in [1.29, 1.82) is 0 Å². The molecule has 0 saturated carbocycles. The van der Waals surface area contributed by atoms with Crippen LogP contribution in [0.1, 0.15) is 15.9 Å². The van der Waals surface area contributed by atoms with Gasteiger partial charge in [0.05, 0.1) is 0 Å². The monoisotopic (exact) mass is 449 g/mol. The van der Waals surface area contributed by atoms with Gasteiger partial charge in [-0.2, -0.15) is 0 Å². The van der Waals surface area contributed by atoms with E-state index in [1.54, 1.807) is 24.3 Å². The Morgan fingerprint density at radius 3 is 2.23 bits per heavy atom. The molecule has 26 heavy (non-hydrogen) atoms. The van der Waals surface area contributed by atoms with Gasteiger partial charge in [-0.3, -0.25) is 4.79 Å². The highest BCUT2D eigenvalue weighted by Crippen LogP contribution is 2.29. The predicted molar refractivity (Wildman–Crippen MR) is 114 cm³/mol. The van der Waals surface area contributed by atoms with Crippen LogP contribution in [-0.2, 0) is 0 Å². The summed E-state index contributed by atoms with van der Waals surface area (Å²) < 4.78 is -1.83. The normalized spacial score (nSPS) is 12.2. The summed E-state index contributed by atoms with van der Waals surface area (Å²) in [5.41, 5.74) is 2.16. The van der Waals surface area contributed by atoms with Crippen LogP contribution in [0.3, 0.4) is 0 Å². The van der Waals surface area contributed by atoms with E-state index in [4.69, 9.17) is 58.6 Å². The number of benzene rings is 2. The maximum absolute atomic E-state index is 12.4. The minimum Gasteiger partial charge on any atom is -0.339 e. The Hall–Kier alpha value is -1.24. The van der Waals surface area contributed by atoms with Gasteiger partial charge in [0.1, 0.15) is 6.17 Å². The molecule has 0 heterocycles. The molecule has 1 amide bonds. The summed E-state index contributed by atoms with van der Waals surface area (Å²) in [6.45, 7) is 1.93. The Bertz CT molecular complexity index is 793. The van der Waals surface area contributed by atoms with Gasteiger partial charge in [-0.15, -0.1) is 0 Å². The number of hydrogen-bond donors (Lipinski definition) is 3. The minimum atomic E-state index is -1.83. The first kappa shape index (κ1) is 21.1. The Morgan fingerprint density at radius 2 is 1.65 bits per heavy atom. The van der Waals surface area contributed by atoms with E-state index in [1.807, 2.05) is 31.2 Å². The van der Waals surface area contributed by atoms with Gasteiger partial charge in [-0.05, 0) is 55.0 Å². The third-order valence-electron chi connectivity index (χ3n) is 3.38. The first-order chi connectivity index (χ1) is 12.2. The summed E-state index contributed by atoms with van der Waals surface area (Å²) in [5.74, 6) is -0.441. The fourth-order valence-electron chi connectivity index (χ4n) is 2.02. The van der Waals surface area contributed by atoms with Crippen molar-refractivity contribution in [2.45, 2.75) is 16.9 Å². The lowest BCUT2D eigenvalue weighted by molar-refractivity contribution is 0.0934. The molecule has 1 atom stereocenters. The first-order valence-electron chi connectivity index (χ1n) is 7.43. The van der Waals surface area contributed by atoms with Crippen molar-refractivity contribution in [3.8, 4) is 0 Å². The average Bonchev–Trinajstić information content (AvgIpc) is 2.56. The van der Waals surface area contributed by atoms with Crippen LogP contribution in [0.4, 0.5) is 5.69 Å². The van der Waals surface area contributed by atoms with Gasteiger partial charge >= 0.3 is 0 Å². The quantitative estimate of drug-likeness (QED) is 0.346. The molecule has 2 rings (SSSR count). The van der Waals surface area contributed by atoms with Gasteiger partial charge in [0, 0.05) is 16.3 Å². The van der Waals surface area contributed by atoms with Crippen LogP contribution in [0.2, 0.25) is 5.02 Å². The van der Waals surface area contributed by atoms with Crippen molar-refractivity contribution in [2.24, 2.45) is 0 Å². The van der Waals surface area contributed by atoms with E-state index in [9.17, 15) is 4.79 Å². The third kappa shape index (κ3) is 6.18. The number of amides is 1. The molecule has 2 aromatic carbocycles. The van der Waals surface area contributed by atoms with Crippen LogP contribution in [0, 0.1) is 6.92 Å². The van der Waals surface area contributed by atoms with Crippen LogP contribution in [0.5, 0.6) is 0 Å². The lowest BCUT2D eigenvalue weighted by Gasteiger charge is -2.28. The molecule has 0 radical (unpaired) electrons. The van der Waals surface area contributed by atoms with Gasteiger partial charge in [0.15, 0.2) is 5.11 Å². The number of nitrogens with one attached hydrogen (secondary N) is 3. The van der Waals surface area contributed by atoms with E-state index in [2.05, 4.69) is 16.0 Å². The smallest absolute Gasteiger partial charge is 0.252 e. The molecule has 1 unspecified atom stereocenters. The molecule has 0 aliphatic rings. The Morgan fingerprint density at radius 1 is 1.04 bits per heavy atom. The maximum Gasteiger partial charge on any atom is 0.252 e. The molecular formula is C17H15Cl4N3OS. The molecule has 4 nitrogen and oxygen atoms in total. The summed E-state index contributed by atoms with van der Waals surface area (Å²) in [6.07, 6.45) is -1.06. The van der Waals surface area contributed by atoms with Crippen LogP contribution in [0.25, 0.3) is 0 Å². The summed E-state index contributed by atoms with van der Waals surface area (Å²) in [4.78, 5) is 12.4. The number of para-hydroxylation sites is 1. The zero-order valence-electron chi connectivity index (χ0n) is 13.5. The summed E-state index contributed by atoms with van der Waals surface area (Å²) in [6, 6.07) is 13.9. The van der Waals surface area contributed by atoms with E-state index in [0.29, 0.717) is 10.6 Å². The standard InChI is InChI=1S/C17H15Cl4N3OS/c1-10-4-2-3-5-13(10)22-16(26)24-15(17(19,20)21)23-14(25)11-6-8-12(18)9-7-11/h2-9,15H,1H3,(H,23,25)(H2,22,24,26). The fourth-order valence-corrected chi connectivity index (χ4v) is 2.70. The van der Waals surface area contributed by atoms with Gasteiger partial charge in [-0.25, -0.2) is 0 Å². The highest BCUT2D eigenvalue weighted by atomic mass is 35.6. The summed E-state index contributed by atoms with van der Waals surface area (Å²) >= 11 is 29.0. The first-order valence-corrected chi connectivity index (χ1v) is 9.35. The van der Waals surface area contributed by atoms with Crippen LogP contribution in [0.15, 0.2) is 48.5 Å². The highest BCUT2D eigenvalue weighted by Gasteiger charge is 2.34. The number of aryl methyl sites for hydroxylation is 1. The van der Waals surface area contributed by atoms with Crippen molar-refractivity contribution in [2.75, 3.05) is 5.32 Å². The lowest BCUT2D eigenvalue weighted by atomic mass is 10.2. The van der Waals surface area contributed by atoms with E-state index >= 15 is 0 Å². The van der Waals surface area contributed by atoms with Crippen LogP contribution >= 0.6 is 58.6 Å². The third-order valence-corrected chi connectivity index (χ3v) is 4.50. The molecule has 0 aliphatic carbocycles. The number of halogens is 4. The van der Waals surface area contributed by atoms with Crippen molar-refractivity contribution < 1.29 is 4.79 Å².